The van der Waals surface area contributed by atoms with Gasteiger partial charge in [-0.2, -0.15) is 12.1 Å². The first-order valence-electron chi connectivity index (χ1n) is 33.9. The van der Waals surface area contributed by atoms with E-state index < -0.39 is 14.1 Å². The molecule has 0 fully saturated rings. The topological polar surface area (TPSA) is 31.8 Å². The van der Waals surface area contributed by atoms with E-state index >= 15 is 0 Å². The van der Waals surface area contributed by atoms with Crippen molar-refractivity contribution < 1.29 is 32.7 Å². The smallest absolute Gasteiger partial charge is 0.135 e. The van der Waals surface area contributed by atoms with E-state index in [-0.39, 0.29) is 77.9 Å². The third kappa shape index (κ3) is 10.5. The Hall–Kier alpha value is -7.76. The Bertz CT molecular complexity index is 4670. The monoisotopic (exact) mass is 1380 g/mol. The van der Waals surface area contributed by atoms with E-state index in [0.717, 1.165) is 56.4 Å². The van der Waals surface area contributed by atoms with Gasteiger partial charge in [-0.05, 0) is 160 Å². The summed E-state index contributed by atoms with van der Waals surface area (Å²) in [6.07, 6.45) is 1.94. The number of fused-ring (bicyclic) bond motifs is 10. The first-order valence-corrected chi connectivity index (χ1v) is 33.4. The molecule has 5 nitrogen and oxygen atoms in total. The number of hydrogen-bond donors (Lipinski definition) is 0. The van der Waals surface area contributed by atoms with Crippen molar-refractivity contribution in [3.8, 4) is 44.9 Å². The molecule has 0 bridgehead atoms. The normalized spacial score (nSPS) is 15.0. The van der Waals surface area contributed by atoms with Crippen LogP contribution in [-0.4, -0.2) is 13.1 Å². The van der Waals surface area contributed by atoms with Crippen LogP contribution >= 0.6 is 0 Å². The van der Waals surface area contributed by atoms with Crippen molar-refractivity contribution in [2.45, 2.75) is 152 Å². The van der Waals surface area contributed by atoms with Gasteiger partial charge < -0.3 is 19.4 Å². The molecule has 1 spiro atoms. The fraction of sp³-hybridized carbons (Fsp3) is 0.277. The minimum atomic E-state index is -3.18. The third-order valence-electron chi connectivity index (χ3n) is 18.9. The van der Waals surface area contributed by atoms with Crippen LogP contribution in [0, 0.1) is 39.6 Å². The number of aromatic nitrogens is 1. The molecular formula is C83H85N4OPtSi-3. The zero-order valence-corrected chi connectivity index (χ0v) is 58.8. The van der Waals surface area contributed by atoms with Crippen molar-refractivity contribution in [1.29, 1.82) is 0 Å². The van der Waals surface area contributed by atoms with E-state index in [4.69, 9.17) is 13.8 Å². The Morgan fingerprint density at radius 2 is 0.978 bits per heavy atom. The van der Waals surface area contributed by atoms with E-state index in [2.05, 4.69) is 266 Å². The molecular weight excluding hydrogens is 1290 g/mol. The van der Waals surface area contributed by atoms with Gasteiger partial charge in [0.2, 0.25) is 0 Å². The van der Waals surface area contributed by atoms with E-state index in [1.165, 1.54) is 59.7 Å². The van der Waals surface area contributed by atoms with Crippen LogP contribution in [0.3, 0.4) is 0 Å². The maximum atomic E-state index is 9.59. The van der Waals surface area contributed by atoms with Gasteiger partial charge in [0.25, 0.3) is 0 Å². The van der Waals surface area contributed by atoms with Crippen LogP contribution in [0.4, 0.5) is 39.9 Å². The van der Waals surface area contributed by atoms with Crippen molar-refractivity contribution in [2.24, 2.45) is 0 Å². The zero-order valence-electron chi connectivity index (χ0n) is 60.5. The average molecular weight is 1380 g/mol. The van der Waals surface area contributed by atoms with Crippen molar-refractivity contribution in [1.82, 2.24) is 4.98 Å². The fourth-order valence-electron chi connectivity index (χ4n) is 13.6. The first-order chi connectivity index (χ1) is 44.1. The molecule has 3 aliphatic rings. The van der Waals surface area contributed by atoms with Gasteiger partial charge in [0, 0.05) is 72.6 Å². The molecule has 0 N–H and O–H groups in total. The summed E-state index contributed by atoms with van der Waals surface area (Å²) in [5.74, 6) is 1.81. The van der Waals surface area contributed by atoms with E-state index in [9.17, 15) is 2.74 Å². The van der Waals surface area contributed by atoms with Crippen molar-refractivity contribution in [3.05, 3.63) is 245 Å². The second-order valence-corrected chi connectivity index (χ2v) is 33.6. The standard InChI is InChI=1S/C83H85N4OSi.Pt/c1-52-53(2)76(55-27-20-19-21-28-55)78(77(54(52)3)56-43-60(82(13,14)15)45-61(44-56)83(16,17)18)86-51-85(67-31-22-23-32-68(67)86)62-29-26-30-63(49-62)88-64-37-40-72-70(50-64)87(75-48-59(41-42-84-75)81(10,11)12)69-33-24-25-34-71(69)89(72)73-46-57(79(4,5)6)35-38-65(73)66-39-36-58(47-74(66)89)80(7,8)9;/h19-48,51H,1-18H3;/q-3;/i19D,20D,21D,27D,28D;. The van der Waals surface area contributed by atoms with Gasteiger partial charge in [0.15, 0.2) is 0 Å². The molecule has 0 unspecified atom stereocenters. The maximum Gasteiger partial charge on any atom is 0.135 e. The Balaban J connectivity index is 0.00000864. The molecule has 0 aliphatic carbocycles. The molecule has 9 aromatic carbocycles. The number of pyridine rings is 1. The number of anilines is 7. The van der Waals surface area contributed by atoms with Crippen LogP contribution in [-0.2, 0) is 48.1 Å². The van der Waals surface area contributed by atoms with Crippen LogP contribution < -0.4 is 40.2 Å². The number of rotatable bonds is 7. The summed E-state index contributed by atoms with van der Waals surface area (Å²) in [4.78, 5) is 11.8. The van der Waals surface area contributed by atoms with Crippen LogP contribution in [0.2, 0.25) is 0 Å². The Morgan fingerprint density at radius 1 is 0.456 bits per heavy atom. The van der Waals surface area contributed by atoms with Crippen molar-refractivity contribution in [3.63, 3.8) is 0 Å². The maximum absolute atomic E-state index is 9.59. The third-order valence-corrected chi connectivity index (χ3v) is 23.8. The minimum Gasteiger partial charge on any atom is -0.509 e. The van der Waals surface area contributed by atoms with Gasteiger partial charge in [-0.3, -0.25) is 0 Å². The molecule has 90 heavy (non-hydrogen) atoms. The number of benzene rings is 9. The van der Waals surface area contributed by atoms with Gasteiger partial charge in [-0.15, -0.1) is 47.9 Å². The Labute approximate surface area is 559 Å². The largest absolute Gasteiger partial charge is 0.509 e. The molecule has 7 heteroatoms. The van der Waals surface area contributed by atoms with Crippen molar-refractivity contribution in [2.75, 3.05) is 14.7 Å². The second kappa shape index (κ2) is 22.3. The number of nitrogens with zero attached hydrogens (tertiary/aromatic N) is 4. The molecule has 0 atom stereocenters. The molecule has 0 radical (unpaired) electrons. The summed E-state index contributed by atoms with van der Waals surface area (Å²) in [6.45, 7) is 42.3. The Kier molecular flexibility index (Phi) is 13.9. The van der Waals surface area contributed by atoms with Gasteiger partial charge in [-0.1, -0.05) is 225 Å². The summed E-state index contributed by atoms with van der Waals surface area (Å²) in [5.41, 5.74) is 18.4. The summed E-state index contributed by atoms with van der Waals surface area (Å²) in [7, 11) is -3.18. The Morgan fingerprint density at radius 3 is 1.56 bits per heavy atom. The SMILES string of the molecule is [2H]c1c([2H])c([2H])c(-c2c(C)c(C)c(C)c(-c3cc(C(C)(C)C)cc(C(C)(C)C)c3)c2N2[CH-]N(c3[c-]c(Oc4[c-]c5c(cc4)[Si]4(c6cc(C(C)(C)C)ccc6-c6ccc(C(C)(C)C)cc64)c4ccccc4N5c4cc(C(C)(C)C)ccn4)ccc3)c3ccccc32)c([2H])c1[2H].[Pt]. The zero-order chi connectivity index (χ0) is 67.4. The summed E-state index contributed by atoms with van der Waals surface area (Å²) >= 11 is 0. The molecule has 0 amide bonds. The second-order valence-electron chi connectivity index (χ2n) is 30.0. The minimum absolute atomic E-state index is 0. The van der Waals surface area contributed by atoms with Crippen molar-refractivity contribution >= 4 is 68.8 Å². The van der Waals surface area contributed by atoms with Gasteiger partial charge in [0.05, 0.1) is 6.85 Å². The van der Waals surface area contributed by atoms with E-state index in [1.807, 2.05) is 43.5 Å². The van der Waals surface area contributed by atoms with Crippen LogP contribution in [0.5, 0.6) is 11.5 Å². The van der Waals surface area contributed by atoms with E-state index in [0.29, 0.717) is 28.4 Å². The van der Waals surface area contributed by atoms with Gasteiger partial charge >= 0.3 is 0 Å². The van der Waals surface area contributed by atoms with Crippen LogP contribution in [0.25, 0.3) is 33.4 Å². The number of para-hydroxylation sites is 3. The predicted octanol–water partition coefficient (Wildman–Crippen LogP) is 19.8. The van der Waals surface area contributed by atoms with Gasteiger partial charge in [-0.25, -0.2) is 4.98 Å². The average Bonchev–Trinajstić information content (AvgIpc) is 1.54. The molecule has 4 heterocycles. The molecule has 10 aromatic rings. The van der Waals surface area contributed by atoms with Gasteiger partial charge in [0.1, 0.15) is 13.9 Å². The molecule has 0 saturated heterocycles. The first kappa shape index (κ1) is 56.2. The van der Waals surface area contributed by atoms with Crippen LogP contribution in [0.1, 0.15) is 155 Å². The summed E-state index contributed by atoms with van der Waals surface area (Å²) in [6, 6.07) is 59.3. The molecule has 3 aliphatic heterocycles. The molecule has 460 valence electrons. The quantitative estimate of drug-likeness (QED) is 0.117. The number of ether oxygens (including phenoxy) is 1. The molecule has 1 aromatic heterocycles. The molecule has 0 saturated carbocycles. The summed E-state index contributed by atoms with van der Waals surface area (Å²) < 4.78 is 53.1. The summed E-state index contributed by atoms with van der Waals surface area (Å²) in [5, 5.41) is 5.27. The number of hydrogen-bond acceptors (Lipinski definition) is 5. The molecule has 13 rings (SSSR count). The van der Waals surface area contributed by atoms with Crippen LogP contribution in [0.15, 0.2) is 182 Å². The fourth-order valence-corrected chi connectivity index (χ4v) is 19.1. The predicted molar refractivity (Wildman–Crippen MR) is 379 cm³/mol. The van der Waals surface area contributed by atoms with E-state index in [1.54, 1.807) is 0 Å².